The SMILES string of the molecule is CN=C/C(C)=C(C)/N=C(\C=C(/C)NCC1CCCN(C=O)C1)c1ccccc1O.C[B]C(C)CCC. The van der Waals surface area contributed by atoms with Gasteiger partial charge in [0.15, 0.2) is 0 Å². The number of allylic oxidation sites excluding steroid dienone is 4. The number of benzene rings is 1. The van der Waals surface area contributed by atoms with Crippen LogP contribution < -0.4 is 5.32 Å². The maximum Gasteiger partial charge on any atom is 0.209 e. The molecule has 36 heavy (non-hydrogen) atoms. The molecule has 2 unspecified atom stereocenters. The van der Waals surface area contributed by atoms with Gasteiger partial charge < -0.3 is 15.3 Å². The molecule has 1 aromatic rings. The average Bonchev–Trinajstić information content (AvgIpc) is 2.88. The summed E-state index contributed by atoms with van der Waals surface area (Å²) in [6, 6.07) is 7.20. The lowest BCUT2D eigenvalue weighted by Gasteiger charge is -2.30. The van der Waals surface area contributed by atoms with Crippen molar-refractivity contribution in [3.05, 3.63) is 52.9 Å². The van der Waals surface area contributed by atoms with E-state index in [1.807, 2.05) is 43.9 Å². The van der Waals surface area contributed by atoms with Gasteiger partial charge in [0.05, 0.1) is 5.71 Å². The van der Waals surface area contributed by atoms with E-state index >= 15 is 0 Å². The summed E-state index contributed by atoms with van der Waals surface area (Å²) in [7, 11) is 3.99. The van der Waals surface area contributed by atoms with Crippen LogP contribution in [0.2, 0.25) is 12.6 Å². The molecule has 2 rings (SSSR count). The molecule has 197 valence electrons. The Kier molecular flexibility index (Phi) is 15.2. The van der Waals surface area contributed by atoms with Crippen LogP contribution in [0, 0.1) is 5.92 Å². The predicted octanol–water partition coefficient (Wildman–Crippen LogP) is 5.88. The number of phenolic OH excluding ortho intramolecular Hbond substituents is 1. The van der Waals surface area contributed by atoms with E-state index in [9.17, 15) is 9.90 Å². The van der Waals surface area contributed by atoms with Gasteiger partial charge in [-0.3, -0.25) is 14.8 Å². The summed E-state index contributed by atoms with van der Waals surface area (Å²) in [5, 5.41) is 13.8. The molecule has 2 N–H and O–H groups in total. The number of rotatable bonds is 11. The van der Waals surface area contributed by atoms with Crippen molar-refractivity contribution in [2.75, 3.05) is 26.7 Å². The minimum Gasteiger partial charge on any atom is -0.507 e. The molecule has 0 aromatic heterocycles. The number of hydrogen-bond donors (Lipinski definition) is 2. The molecule has 1 amide bonds. The van der Waals surface area contributed by atoms with E-state index in [0.29, 0.717) is 17.2 Å². The van der Waals surface area contributed by atoms with Crippen molar-refractivity contribution in [3.8, 4) is 5.75 Å². The van der Waals surface area contributed by atoms with Crippen LogP contribution in [0.4, 0.5) is 0 Å². The summed E-state index contributed by atoms with van der Waals surface area (Å²) in [6.45, 7) is 14.9. The molecule has 0 aliphatic carbocycles. The number of para-hydroxylation sites is 1. The molecule has 1 aliphatic heterocycles. The topological polar surface area (TPSA) is 77.3 Å². The van der Waals surface area contributed by atoms with Crippen molar-refractivity contribution >= 4 is 25.6 Å². The molecule has 2 atom stereocenters. The highest BCUT2D eigenvalue weighted by molar-refractivity contribution is 6.35. The van der Waals surface area contributed by atoms with Gasteiger partial charge in [-0.1, -0.05) is 51.5 Å². The number of phenols is 1. The minimum absolute atomic E-state index is 0.193. The largest absolute Gasteiger partial charge is 0.507 e. The van der Waals surface area contributed by atoms with E-state index in [2.05, 4.69) is 38.3 Å². The third-order valence-corrected chi connectivity index (χ3v) is 6.40. The quantitative estimate of drug-likeness (QED) is 0.229. The first kappa shape index (κ1) is 31.2. The van der Waals surface area contributed by atoms with Crippen LogP contribution in [0.1, 0.15) is 65.9 Å². The van der Waals surface area contributed by atoms with E-state index < -0.39 is 0 Å². The van der Waals surface area contributed by atoms with Gasteiger partial charge in [-0.15, -0.1) is 0 Å². The molecule has 1 aliphatic rings. The minimum atomic E-state index is 0.193. The number of hydrogen-bond acceptors (Lipinski definition) is 5. The third-order valence-electron chi connectivity index (χ3n) is 6.40. The van der Waals surface area contributed by atoms with Crippen LogP contribution in [-0.4, -0.2) is 62.3 Å². The normalized spacial score (nSPS) is 18.2. The number of carbonyl (C=O) groups excluding carboxylic acids is 1. The Morgan fingerprint density at radius 3 is 2.61 bits per heavy atom. The molecule has 1 heterocycles. The molecule has 7 heteroatoms. The molecule has 1 aromatic carbocycles. The van der Waals surface area contributed by atoms with E-state index in [1.165, 1.54) is 12.8 Å². The van der Waals surface area contributed by atoms with E-state index in [0.717, 1.165) is 61.7 Å². The molecule has 0 bridgehead atoms. The number of amides is 1. The zero-order valence-corrected chi connectivity index (χ0v) is 23.4. The van der Waals surface area contributed by atoms with Crippen molar-refractivity contribution in [2.24, 2.45) is 15.9 Å². The Labute approximate surface area is 219 Å². The van der Waals surface area contributed by atoms with Crippen LogP contribution in [0.15, 0.2) is 57.3 Å². The zero-order valence-electron chi connectivity index (χ0n) is 23.4. The summed E-state index contributed by atoms with van der Waals surface area (Å²) in [4.78, 5) is 21.7. The highest BCUT2D eigenvalue weighted by atomic mass is 16.3. The summed E-state index contributed by atoms with van der Waals surface area (Å²) >= 11 is 0. The smallest absolute Gasteiger partial charge is 0.209 e. The fraction of sp³-hybridized carbons (Fsp3) is 0.552. The first-order chi connectivity index (χ1) is 17.2. The molecular weight excluding hydrogens is 447 g/mol. The second-order valence-corrected chi connectivity index (χ2v) is 9.59. The Balaban J connectivity index is 0.000000809. The van der Waals surface area contributed by atoms with Crippen molar-refractivity contribution < 1.29 is 9.90 Å². The second-order valence-electron chi connectivity index (χ2n) is 9.59. The summed E-state index contributed by atoms with van der Waals surface area (Å²) < 4.78 is 0. The van der Waals surface area contributed by atoms with Gasteiger partial charge in [-0.25, -0.2) is 0 Å². The van der Waals surface area contributed by atoms with Crippen LogP contribution in [0.5, 0.6) is 5.75 Å². The number of likely N-dealkylation sites (tertiary alicyclic amines) is 1. The Morgan fingerprint density at radius 2 is 2.03 bits per heavy atom. The van der Waals surface area contributed by atoms with Gasteiger partial charge in [0, 0.05) is 49.9 Å². The number of aromatic hydroxyl groups is 1. The predicted molar refractivity (Wildman–Crippen MR) is 156 cm³/mol. The van der Waals surface area contributed by atoms with E-state index in [4.69, 9.17) is 4.99 Å². The number of carbonyl (C=O) groups is 1. The standard InChI is InChI=1S/C23H32N4O2.C6H14B/c1-17(13-24-4)19(3)26-22(21-9-5-6-10-23(21)29)12-18(2)25-14-20-8-7-11-27(15-20)16-28;1-4-5-6(2)7-3/h5-6,9-10,12-13,16,20,25,29H,7-8,11,14-15H2,1-4H3;6H,4-5H2,1-3H3/b18-12+,19-17+,24-13?,26-22+;. The van der Waals surface area contributed by atoms with Crippen molar-refractivity contribution in [1.82, 2.24) is 10.2 Å². The summed E-state index contributed by atoms with van der Waals surface area (Å²) in [5.41, 5.74) is 4.14. The maximum atomic E-state index is 11.0. The van der Waals surface area contributed by atoms with Gasteiger partial charge in [0.25, 0.3) is 0 Å². The second kappa shape index (κ2) is 17.6. The van der Waals surface area contributed by atoms with Crippen molar-refractivity contribution in [3.63, 3.8) is 0 Å². The van der Waals surface area contributed by atoms with E-state index in [1.54, 1.807) is 25.4 Å². The zero-order chi connectivity index (χ0) is 26.9. The molecule has 1 fully saturated rings. The van der Waals surface area contributed by atoms with Crippen LogP contribution in [0.25, 0.3) is 0 Å². The van der Waals surface area contributed by atoms with Gasteiger partial charge in [0.2, 0.25) is 6.41 Å². The molecule has 1 saturated heterocycles. The Morgan fingerprint density at radius 1 is 1.31 bits per heavy atom. The first-order valence-electron chi connectivity index (χ1n) is 13.1. The van der Waals surface area contributed by atoms with E-state index in [-0.39, 0.29) is 5.75 Å². The van der Waals surface area contributed by atoms with Crippen LogP contribution >= 0.6 is 0 Å². The Bertz CT molecular complexity index is 924. The molecule has 1 radical (unpaired) electrons. The number of piperidine rings is 1. The molecule has 0 spiro atoms. The van der Waals surface area contributed by atoms with Crippen molar-refractivity contribution in [2.45, 2.75) is 72.9 Å². The lowest BCUT2D eigenvalue weighted by atomic mass is 9.66. The fourth-order valence-corrected chi connectivity index (χ4v) is 3.96. The summed E-state index contributed by atoms with van der Waals surface area (Å²) in [5.74, 6) is 1.45. The highest BCUT2D eigenvalue weighted by Crippen LogP contribution is 2.20. The fourth-order valence-electron chi connectivity index (χ4n) is 3.96. The van der Waals surface area contributed by atoms with Crippen LogP contribution in [-0.2, 0) is 4.79 Å². The van der Waals surface area contributed by atoms with Crippen LogP contribution in [0.3, 0.4) is 0 Å². The number of nitrogens with zero attached hydrogens (tertiary/aromatic N) is 3. The maximum absolute atomic E-state index is 11.0. The molecule has 6 nitrogen and oxygen atoms in total. The third kappa shape index (κ3) is 11.7. The van der Waals surface area contributed by atoms with Gasteiger partial charge in [-0.05, 0) is 63.3 Å². The van der Waals surface area contributed by atoms with Gasteiger partial charge in [0.1, 0.15) is 13.0 Å². The molecule has 0 saturated carbocycles. The lowest BCUT2D eigenvalue weighted by molar-refractivity contribution is -0.119. The highest BCUT2D eigenvalue weighted by Gasteiger charge is 2.18. The average molecular weight is 494 g/mol. The van der Waals surface area contributed by atoms with Crippen molar-refractivity contribution in [1.29, 1.82) is 0 Å². The number of nitrogens with one attached hydrogen (secondary N) is 1. The Hall–Kier alpha value is -2.83. The first-order valence-corrected chi connectivity index (χ1v) is 13.1. The summed E-state index contributed by atoms with van der Waals surface area (Å²) in [6.07, 6.45) is 9.48. The van der Waals surface area contributed by atoms with Gasteiger partial charge in [-0.2, -0.15) is 0 Å². The number of aliphatic imine (C=N–C) groups is 2. The molecular formula is C29H46BN4O2. The monoisotopic (exact) mass is 493 g/mol. The lowest BCUT2D eigenvalue weighted by Crippen LogP contribution is -2.38. The van der Waals surface area contributed by atoms with Gasteiger partial charge >= 0.3 is 0 Å².